The van der Waals surface area contributed by atoms with E-state index < -0.39 is 5.82 Å². The molecule has 0 N–H and O–H groups in total. The first-order chi connectivity index (χ1) is 12.9. The van der Waals surface area contributed by atoms with Gasteiger partial charge in [-0.25, -0.2) is 4.39 Å². The first-order valence-electron chi connectivity index (χ1n) is 8.28. The second-order valence-corrected chi connectivity index (χ2v) is 7.26. The van der Waals surface area contributed by atoms with Crippen LogP contribution in [0.3, 0.4) is 0 Å². The molecule has 0 aliphatic carbocycles. The summed E-state index contributed by atoms with van der Waals surface area (Å²) in [5.41, 5.74) is 2.19. The number of aryl methyl sites for hydroxylation is 1. The lowest BCUT2D eigenvalue weighted by molar-refractivity contribution is -0.117. The van der Waals surface area contributed by atoms with Crippen molar-refractivity contribution in [3.05, 3.63) is 63.7 Å². The summed E-state index contributed by atoms with van der Waals surface area (Å²) >= 11 is 11.7. The molecule has 0 bridgehead atoms. The Hall–Kier alpha value is -2.44. The van der Waals surface area contributed by atoms with Gasteiger partial charge in [0.25, 0.3) is 0 Å². The maximum absolute atomic E-state index is 13.7. The Balaban J connectivity index is 1.57. The molecule has 1 amide bonds. The molecule has 4 rings (SSSR count). The Labute approximate surface area is 164 Å². The van der Waals surface area contributed by atoms with Gasteiger partial charge in [-0.2, -0.15) is 4.98 Å². The quantitative estimate of drug-likeness (QED) is 0.614. The summed E-state index contributed by atoms with van der Waals surface area (Å²) in [6.45, 7) is 2.33. The van der Waals surface area contributed by atoms with Gasteiger partial charge in [-0.1, -0.05) is 28.4 Å². The number of rotatable bonds is 3. The molecular weight excluding hydrogens is 392 g/mol. The molecule has 0 radical (unpaired) electrons. The summed E-state index contributed by atoms with van der Waals surface area (Å²) in [6.07, 6.45) is 0.263. The van der Waals surface area contributed by atoms with E-state index in [-0.39, 0.29) is 29.1 Å². The van der Waals surface area contributed by atoms with Crippen molar-refractivity contribution in [1.82, 2.24) is 10.1 Å². The van der Waals surface area contributed by atoms with Gasteiger partial charge >= 0.3 is 0 Å². The van der Waals surface area contributed by atoms with Gasteiger partial charge in [0.05, 0.1) is 10.9 Å². The average molecular weight is 406 g/mol. The number of halogens is 3. The van der Waals surface area contributed by atoms with Gasteiger partial charge in [0, 0.05) is 29.2 Å². The smallest absolute Gasteiger partial charge is 0.232 e. The van der Waals surface area contributed by atoms with E-state index in [4.69, 9.17) is 27.7 Å². The molecular formula is C19H14Cl2FN3O2. The van der Waals surface area contributed by atoms with Crippen LogP contribution in [0, 0.1) is 12.7 Å². The van der Waals surface area contributed by atoms with Crippen molar-refractivity contribution in [2.45, 2.75) is 19.3 Å². The van der Waals surface area contributed by atoms with Crippen LogP contribution in [0.15, 0.2) is 40.9 Å². The number of hydrogen-bond acceptors (Lipinski definition) is 4. The van der Waals surface area contributed by atoms with E-state index in [1.54, 1.807) is 17.0 Å². The first-order valence-corrected chi connectivity index (χ1v) is 9.03. The zero-order valence-electron chi connectivity index (χ0n) is 14.2. The van der Waals surface area contributed by atoms with Crippen LogP contribution in [0.25, 0.3) is 11.4 Å². The van der Waals surface area contributed by atoms with Crippen molar-refractivity contribution in [3.63, 3.8) is 0 Å². The molecule has 2 aromatic carbocycles. The molecule has 2 heterocycles. The van der Waals surface area contributed by atoms with Crippen LogP contribution >= 0.6 is 23.2 Å². The molecule has 27 heavy (non-hydrogen) atoms. The third kappa shape index (κ3) is 3.42. The highest BCUT2D eigenvalue weighted by atomic mass is 35.5. The normalized spacial score (nSPS) is 17.0. The van der Waals surface area contributed by atoms with E-state index in [1.165, 1.54) is 12.1 Å². The summed E-state index contributed by atoms with van der Waals surface area (Å²) in [5, 5.41) is 4.56. The van der Waals surface area contributed by atoms with Crippen LogP contribution in [0.5, 0.6) is 0 Å². The van der Waals surface area contributed by atoms with E-state index in [9.17, 15) is 9.18 Å². The SMILES string of the molecule is Cc1cc(Cl)ccc1N1CC(c2nc(-c3ccc(Cl)c(F)c3)no2)CC1=O. The number of anilines is 1. The second-order valence-electron chi connectivity index (χ2n) is 6.42. The van der Waals surface area contributed by atoms with Gasteiger partial charge in [-0.3, -0.25) is 4.79 Å². The van der Waals surface area contributed by atoms with E-state index >= 15 is 0 Å². The minimum absolute atomic E-state index is 0.0253. The number of carbonyl (C=O) groups excluding carboxylic acids is 1. The van der Waals surface area contributed by atoms with Gasteiger partial charge in [0.1, 0.15) is 5.82 Å². The van der Waals surface area contributed by atoms with E-state index in [1.807, 2.05) is 19.1 Å². The molecule has 0 saturated carbocycles. The number of amides is 1. The lowest BCUT2D eigenvalue weighted by atomic mass is 10.1. The van der Waals surface area contributed by atoms with Crippen molar-refractivity contribution < 1.29 is 13.7 Å². The van der Waals surface area contributed by atoms with Gasteiger partial charge < -0.3 is 9.42 Å². The molecule has 1 atom stereocenters. The van der Waals surface area contributed by atoms with Crippen LogP contribution in [0.4, 0.5) is 10.1 Å². The summed E-state index contributed by atoms with van der Waals surface area (Å²) in [6, 6.07) is 9.70. The molecule has 0 spiro atoms. The van der Waals surface area contributed by atoms with Gasteiger partial charge in [-0.15, -0.1) is 0 Å². The average Bonchev–Trinajstić information content (AvgIpc) is 3.25. The second kappa shape index (κ2) is 6.94. The predicted molar refractivity (Wildman–Crippen MR) is 101 cm³/mol. The Morgan fingerprint density at radius 3 is 2.78 bits per heavy atom. The maximum Gasteiger partial charge on any atom is 0.232 e. The van der Waals surface area contributed by atoms with Crippen LogP contribution in [0.2, 0.25) is 10.0 Å². The molecule has 138 valence electrons. The third-order valence-corrected chi connectivity index (χ3v) is 5.09. The Morgan fingerprint density at radius 2 is 2.04 bits per heavy atom. The van der Waals surface area contributed by atoms with E-state index in [0.29, 0.717) is 23.0 Å². The van der Waals surface area contributed by atoms with Gasteiger partial charge in [-0.05, 0) is 48.9 Å². The van der Waals surface area contributed by atoms with Crippen LogP contribution in [0.1, 0.15) is 23.8 Å². The van der Waals surface area contributed by atoms with E-state index in [0.717, 1.165) is 11.3 Å². The zero-order valence-corrected chi connectivity index (χ0v) is 15.8. The molecule has 1 aliphatic rings. The highest BCUT2D eigenvalue weighted by molar-refractivity contribution is 6.31. The van der Waals surface area contributed by atoms with Crippen molar-refractivity contribution in [2.75, 3.05) is 11.4 Å². The fraction of sp³-hybridized carbons (Fsp3) is 0.211. The predicted octanol–water partition coefficient (Wildman–Crippen LogP) is 5.01. The van der Waals surface area contributed by atoms with Crippen molar-refractivity contribution in [3.8, 4) is 11.4 Å². The molecule has 1 saturated heterocycles. The Morgan fingerprint density at radius 1 is 1.22 bits per heavy atom. The summed E-state index contributed by atoms with van der Waals surface area (Å²) in [5.74, 6) is -0.202. The van der Waals surface area contributed by atoms with Crippen LogP contribution < -0.4 is 4.90 Å². The monoisotopic (exact) mass is 405 g/mol. The Kier molecular flexibility index (Phi) is 4.61. The molecule has 1 aliphatic heterocycles. The summed E-state index contributed by atoms with van der Waals surface area (Å²) in [4.78, 5) is 18.5. The highest BCUT2D eigenvalue weighted by Crippen LogP contribution is 2.34. The van der Waals surface area contributed by atoms with Crippen molar-refractivity contribution in [1.29, 1.82) is 0 Å². The molecule has 5 nitrogen and oxygen atoms in total. The molecule has 8 heteroatoms. The van der Waals surface area contributed by atoms with Crippen molar-refractivity contribution >= 4 is 34.8 Å². The minimum Gasteiger partial charge on any atom is -0.339 e. The lowest BCUT2D eigenvalue weighted by Gasteiger charge is -2.18. The van der Waals surface area contributed by atoms with E-state index in [2.05, 4.69) is 10.1 Å². The maximum atomic E-state index is 13.7. The Bertz CT molecular complexity index is 1040. The largest absolute Gasteiger partial charge is 0.339 e. The number of hydrogen-bond donors (Lipinski definition) is 0. The fourth-order valence-electron chi connectivity index (χ4n) is 3.18. The number of benzene rings is 2. The van der Waals surface area contributed by atoms with Crippen molar-refractivity contribution in [2.24, 2.45) is 0 Å². The zero-order chi connectivity index (χ0) is 19.1. The molecule has 3 aromatic rings. The van der Waals surface area contributed by atoms with Crippen LogP contribution in [-0.2, 0) is 4.79 Å². The number of carbonyl (C=O) groups is 1. The standard InChI is InChI=1S/C19H14Cl2FN3O2/c1-10-6-13(20)3-5-16(10)25-9-12(8-17(25)26)19-23-18(24-27-19)11-2-4-14(21)15(22)7-11/h2-7,12H,8-9H2,1H3. The fourth-order valence-corrected chi connectivity index (χ4v) is 3.53. The third-order valence-electron chi connectivity index (χ3n) is 4.54. The topological polar surface area (TPSA) is 59.2 Å². The molecule has 1 aromatic heterocycles. The highest BCUT2D eigenvalue weighted by Gasteiger charge is 2.35. The lowest BCUT2D eigenvalue weighted by Crippen LogP contribution is -2.25. The summed E-state index contributed by atoms with van der Waals surface area (Å²) < 4.78 is 19.0. The molecule has 1 fully saturated rings. The van der Waals surface area contributed by atoms with Gasteiger partial charge in [0.15, 0.2) is 0 Å². The number of aromatic nitrogens is 2. The van der Waals surface area contributed by atoms with Gasteiger partial charge in [0.2, 0.25) is 17.6 Å². The molecule has 1 unspecified atom stereocenters. The summed E-state index contributed by atoms with van der Waals surface area (Å²) in [7, 11) is 0. The first kappa shape index (κ1) is 17.9. The van der Waals surface area contributed by atoms with Crippen LogP contribution in [-0.4, -0.2) is 22.6 Å². The number of nitrogens with zero attached hydrogens (tertiary/aromatic N) is 3. The minimum atomic E-state index is -0.555.